The first-order valence-electron chi connectivity index (χ1n) is 6.69. The van der Waals surface area contributed by atoms with E-state index in [2.05, 4.69) is 24.3 Å². The Labute approximate surface area is 142 Å². The second-order valence-corrected chi connectivity index (χ2v) is 6.68. The van der Waals surface area contributed by atoms with Crippen molar-refractivity contribution in [2.24, 2.45) is 0 Å². The Kier molecular flexibility index (Phi) is 5.27. The van der Waals surface area contributed by atoms with Crippen molar-refractivity contribution in [3.63, 3.8) is 0 Å². The van der Waals surface area contributed by atoms with Crippen molar-refractivity contribution in [2.75, 3.05) is 0 Å². The number of benzene rings is 2. The fourth-order valence-electron chi connectivity index (χ4n) is 2.47. The molecule has 21 heavy (non-hydrogen) atoms. The van der Waals surface area contributed by atoms with Crippen LogP contribution in [-0.4, -0.2) is 13.9 Å². The van der Waals surface area contributed by atoms with E-state index in [1.54, 1.807) is 0 Å². The van der Waals surface area contributed by atoms with Crippen LogP contribution in [0.25, 0.3) is 0 Å². The molecule has 0 heterocycles. The van der Waals surface area contributed by atoms with Gasteiger partial charge in [-0.15, -0.1) is 0 Å². The minimum absolute atomic E-state index is 0.0543. The Morgan fingerprint density at radius 1 is 0.810 bits per heavy atom. The molecule has 0 aliphatic rings. The van der Waals surface area contributed by atoms with Crippen molar-refractivity contribution in [1.29, 1.82) is 0 Å². The van der Waals surface area contributed by atoms with Gasteiger partial charge in [0.05, 0.1) is 0 Å². The highest BCUT2D eigenvalue weighted by Gasteiger charge is 2.34. The Balaban J connectivity index is 2.67. The molecule has 0 atom stereocenters. The molecule has 0 aliphatic carbocycles. The van der Waals surface area contributed by atoms with Crippen molar-refractivity contribution in [1.82, 2.24) is 0 Å². The molecule has 0 amide bonds. The maximum absolute atomic E-state index is 5.89. The summed E-state index contributed by atoms with van der Waals surface area (Å²) in [6.45, 7) is 3.74. The molecule has 0 N–H and O–H groups in total. The third-order valence-corrected chi connectivity index (χ3v) is 5.10. The van der Waals surface area contributed by atoms with Gasteiger partial charge in [-0.3, -0.25) is 0 Å². The molecule has 0 radical (unpaired) electrons. The van der Waals surface area contributed by atoms with Gasteiger partial charge in [0, 0.05) is 25.0 Å². The molecule has 0 bridgehead atoms. The summed E-state index contributed by atoms with van der Waals surface area (Å²) in [6, 6.07) is 20.3. The van der Waals surface area contributed by atoms with Crippen LogP contribution in [0.4, 0.5) is 0 Å². The molecule has 0 unspecified atom stereocenters. The quantitative estimate of drug-likeness (QED) is 0.452. The van der Waals surface area contributed by atoms with Crippen molar-refractivity contribution in [3.05, 3.63) is 71.8 Å². The minimum atomic E-state index is -0.0996. The summed E-state index contributed by atoms with van der Waals surface area (Å²) in [5.41, 5.74) is 2.24. The number of hydrogen-bond donors (Lipinski definition) is 0. The third kappa shape index (κ3) is 3.24. The lowest BCUT2D eigenvalue weighted by atomic mass is 9.97. The Morgan fingerprint density at radius 2 is 1.14 bits per heavy atom. The van der Waals surface area contributed by atoms with Gasteiger partial charge in [-0.25, -0.2) is 0 Å². The number of nitrogens with zero attached hydrogens (tertiary/aromatic N) is 1. The van der Waals surface area contributed by atoms with E-state index in [1.165, 1.54) is 0 Å². The lowest BCUT2D eigenvalue weighted by Gasteiger charge is -2.48. The molecule has 0 fully saturated rings. The number of rotatable bonds is 3. The van der Waals surface area contributed by atoms with Crippen LogP contribution in [0.15, 0.2) is 60.7 Å². The molecule has 0 aromatic heterocycles. The van der Waals surface area contributed by atoms with E-state index in [9.17, 15) is 0 Å². The summed E-state index contributed by atoms with van der Waals surface area (Å²) in [5, 5.41) is 0. The monoisotopic (exact) mass is 331 g/mol. The smallest absolute Gasteiger partial charge is 0.159 e. The van der Waals surface area contributed by atoms with Crippen LogP contribution in [0, 0.1) is 0 Å². The molecule has 2 aromatic carbocycles. The average molecular weight is 332 g/mol. The molecular weight excluding hydrogens is 314 g/mol. The second-order valence-electron chi connectivity index (χ2n) is 4.92. The van der Waals surface area contributed by atoms with E-state index in [0.717, 1.165) is 11.1 Å². The van der Waals surface area contributed by atoms with E-state index in [0.29, 0.717) is 9.98 Å². The first-order valence-corrected chi connectivity index (χ1v) is 7.88. The summed E-state index contributed by atoms with van der Waals surface area (Å²) in [7, 11) is 0. The second kappa shape index (κ2) is 6.79. The van der Waals surface area contributed by atoms with Gasteiger partial charge in [0.25, 0.3) is 0 Å². The summed E-state index contributed by atoms with van der Waals surface area (Å²) in [4.78, 5) is 1.38. The van der Waals surface area contributed by atoms with Gasteiger partial charge in [0.2, 0.25) is 0 Å². The van der Waals surface area contributed by atoms with Crippen LogP contribution >= 0.6 is 24.4 Å². The fourth-order valence-corrected chi connectivity index (χ4v) is 3.25. The predicted octanol–water partition coefficient (Wildman–Crippen LogP) is 4.75. The Morgan fingerprint density at radius 3 is 1.43 bits per heavy atom. The zero-order valence-electron chi connectivity index (χ0n) is 12.0. The van der Waals surface area contributed by atoms with Crippen molar-refractivity contribution < 1.29 is 3.89 Å². The molecule has 2 aromatic rings. The van der Waals surface area contributed by atoms with Crippen molar-refractivity contribution in [2.45, 2.75) is 19.9 Å². The van der Waals surface area contributed by atoms with E-state index in [1.807, 2.05) is 50.2 Å². The van der Waals surface area contributed by atoms with Gasteiger partial charge in [-0.2, -0.15) is 0 Å². The molecule has 0 aliphatic heterocycles. The van der Waals surface area contributed by atoms with Crippen LogP contribution in [0.2, 0.25) is 0 Å². The van der Waals surface area contributed by atoms with Crippen LogP contribution in [0.1, 0.15) is 31.0 Å². The lowest BCUT2D eigenvalue weighted by molar-refractivity contribution is -0.620. The maximum Gasteiger partial charge on any atom is 0.159 e. The van der Waals surface area contributed by atoms with Gasteiger partial charge in [0.15, 0.2) is 9.98 Å². The highest BCUT2D eigenvalue weighted by molar-refractivity contribution is 7.82. The molecule has 4 heteroatoms. The van der Waals surface area contributed by atoms with Gasteiger partial charge in [-0.05, 0) is 24.4 Å². The van der Waals surface area contributed by atoms with E-state index in [4.69, 9.17) is 37.3 Å². The topological polar surface area (TPSA) is 0 Å². The molecule has 108 valence electrons. The van der Waals surface area contributed by atoms with Crippen LogP contribution < -0.4 is 0 Å². The lowest BCUT2D eigenvalue weighted by Crippen LogP contribution is -2.51. The minimum Gasteiger partial charge on any atom is -0.480 e. The van der Waals surface area contributed by atoms with Crippen LogP contribution in [0.5, 0.6) is 0 Å². The summed E-state index contributed by atoms with van der Waals surface area (Å²) >= 11 is 16.8. The molecule has 0 saturated heterocycles. The predicted molar refractivity (Wildman–Crippen MR) is 98.9 cm³/mol. The molecule has 1 nitrogen and oxygen atoms in total. The SMILES string of the molecule is CC(=S)[N+]([S-])(C(C)=S)C(c1ccccc1)c1ccccc1. The first-order chi connectivity index (χ1) is 9.98. The van der Waals surface area contributed by atoms with Gasteiger partial charge in [0.1, 0.15) is 6.04 Å². The zero-order chi connectivity index (χ0) is 15.5. The molecular formula is C17H17NS3. The maximum atomic E-state index is 5.89. The van der Waals surface area contributed by atoms with E-state index < -0.39 is 0 Å². The molecule has 0 spiro atoms. The third-order valence-electron chi connectivity index (χ3n) is 3.53. The van der Waals surface area contributed by atoms with Gasteiger partial charge >= 0.3 is 0 Å². The Hall–Kier alpha value is -1.07. The molecule has 2 rings (SSSR count). The largest absolute Gasteiger partial charge is 0.480 e. The summed E-state index contributed by atoms with van der Waals surface area (Å²) in [6.07, 6.45) is 0. The Bertz CT molecular complexity index is 584. The van der Waals surface area contributed by atoms with Crippen molar-refractivity contribution >= 4 is 47.2 Å². The van der Waals surface area contributed by atoms with Gasteiger partial charge < -0.3 is 16.7 Å². The standard InChI is InChI=1S/C17H17NS3/c1-13(19)18(21,14(2)20)17(15-9-5-3-6-10-15)16-11-7-4-8-12-16/h3-12,17H,1-2H3. The summed E-state index contributed by atoms with van der Waals surface area (Å²) in [5.74, 6) is 0. The molecule has 0 saturated carbocycles. The van der Waals surface area contributed by atoms with Crippen LogP contribution in [0.3, 0.4) is 0 Å². The first kappa shape index (κ1) is 16.3. The number of quaternary nitrogens is 1. The fraction of sp³-hybridized carbons (Fsp3) is 0.176. The number of hydrogen-bond acceptors (Lipinski definition) is 3. The van der Waals surface area contributed by atoms with E-state index in [-0.39, 0.29) is 9.93 Å². The van der Waals surface area contributed by atoms with Gasteiger partial charge in [-0.1, -0.05) is 60.7 Å². The summed E-state index contributed by atoms with van der Waals surface area (Å²) < 4.78 is 0.0543. The number of thiocarbonyl (C=S) groups is 2. The van der Waals surface area contributed by atoms with E-state index >= 15 is 0 Å². The normalized spacial score (nSPS) is 11.4. The zero-order valence-corrected chi connectivity index (χ0v) is 14.5. The highest BCUT2D eigenvalue weighted by Crippen LogP contribution is 2.35. The average Bonchev–Trinajstić information content (AvgIpc) is 2.49. The van der Waals surface area contributed by atoms with Crippen LogP contribution in [-0.2, 0) is 12.8 Å². The van der Waals surface area contributed by atoms with Crippen molar-refractivity contribution in [3.8, 4) is 0 Å². The highest BCUT2D eigenvalue weighted by atomic mass is 32.1.